The van der Waals surface area contributed by atoms with Crippen LogP contribution in [0, 0.1) is 0 Å². The van der Waals surface area contributed by atoms with E-state index in [4.69, 9.17) is 9.15 Å². The molecule has 1 fully saturated rings. The van der Waals surface area contributed by atoms with Crippen LogP contribution >= 0.6 is 0 Å². The smallest absolute Gasteiger partial charge is 0.329 e. The molecule has 0 radical (unpaired) electrons. The molecular formula is C14H19NO4. The molecule has 2 heterocycles. The summed E-state index contributed by atoms with van der Waals surface area (Å²) in [7, 11) is 0. The molecule has 0 aliphatic carbocycles. The zero-order valence-electron chi connectivity index (χ0n) is 11.5. The number of likely N-dealkylation sites (tertiary alicyclic amines) is 1. The lowest BCUT2D eigenvalue weighted by Gasteiger charge is -2.27. The summed E-state index contributed by atoms with van der Waals surface area (Å²) in [5, 5.41) is 0. The van der Waals surface area contributed by atoms with Gasteiger partial charge in [0, 0.05) is 6.54 Å². The monoisotopic (exact) mass is 265 g/mol. The number of amides is 1. The highest BCUT2D eigenvalue weighted by Gasteiger charge is 2.37. The van der Waals surface area contributed by atoms with Gasteiger partial charge in [0.25, 0.3) is 5.91 Å². The first-order valence-electron chi connectivity index (χ1n) is 6.44. The molecule has 0 N–H and O–H groups in total. The Bertz CT molecular complexity index is 458. The van der Waals surface area contributed by atoms with Gasteiger partial charge in [0.2, 0.25) is 0 Å². The Hall–Kier alpha value is -1.78. The van der Waals surface area contributed by atoms with E-state index in [9.17, 15) is 9.59 Å². The highest BCUT2D eigenvalue weighted by Crippen LogP contribution is 2.23. The third-order valence-electron chi connectivity index (χ3n) is 2.96. The largest absolute Gasteiger partial charge is 0.472 e. The molecule has 5 nitrogen and oxygen atoms in total. The second-order valence-corrected chi connectivity index (χ2v) is 5.70. The minimum absolute atomic E-state index is 0.179. The van der Waals surface area contributed by atoms with E-state index in [0.29, 0.717) is 18.5 Å². The van der Waals surface area contributed by atoms with Crippen molar-refractivity contribution in [2.24, 2.45) is 0 Å². The van der Waals surface area contributed by atoms with Gasteiger partial charge in [0.05, 0.1) is 11.8 Å². The van der Waals surface area contributed by atoms with E-state index >= 15 is 0 Å². The fourth-order valence-electron chi connectivity index (χ4n) is 2.18. The Morgan fingerprint density at radius 2 is 2.16 bits per heavy atom. The minimum atomic E-state index is -0.538. The summed E-state index contributed by atoms with van der Waals surface area (Å²) < 4.78 is 10.3. The molecule has 5 heteroatoms. The highest BCUT2D eigenvalue weighted by molar-refractivity contribution is 5.96. The summed E-state index contributed by atoms with van der Waals surface area (Å²) >= 11 is 0. The molecule has 1 saturated heterocycles. The van der Waals surface area contributed by atoms with Gasteiger partial charge in [-0.15, -0.1) is 0 Å². The van der Waals surface area contributed by atoms with Gasteiger partial charge >= 0.3 is 5.97 Å². The number of ether oxygens (including phenoxy) is 1. The normalized spacial score (nSPS) is 19.5. The Morgan fingerprint density at radius 3 is 2.74 bits per heavy atom. The summed E-state index contributed by atoms with van der Waals surface area (Å²) in [6.45, 7) is 6.04. The maximum Gasteiger partial charge on any atom is 0.329 e. The predicted molar refractivity (Wildman–Crippen MR) is 68.6 cm³/mol. The summed E-state index contributed by atoms with van der Waals surface area (Å²) in [6.07, 6.45) is 4.31. The number of nitrogens with zero attached hydrogens (tertiary/aromatic N) is 1. The predicted octanol–water partition coefficient (Wildman–Crippen LogP) is 2.23. The molecule has 104 valence electrons. The van der Waals surface area contributed by atoms with Crippen LogP contribution in [-0.4, -0.2) is 35.0 Å². The average molecular weight is 265 g/mol. The van der Waals surface area contributed by atoms with Crippen LogP contribution in [-0.2, 0) is 9.53 Å². The van der Waals surface area contributed by atoms with E-state index in [-0.39, 0.29) is 11.9 Å². The van der Waals surface area contributed by atoms with E-state index in [2.05, 4.69) is 0 Å². The van der Waals surface area contributed by atoms with Crippen molar-refractivity contribution in [2.75, 3.05) is 6.54 Å². The average Bonchev–Trinajstić information content (AvgIpc) is 2.97. The standard InChI is InChI=1S/C14H19NO4/c1-14(2,3)19-13(17)11-5-4-7-15(11)12(16)10-6-8-18-9-10/h6,8-9,11H,4-5,7H2,1-3H3/t11-/m1/s1. The summed E-state index contributed by atoms with van der Waals surface area (Å²) in [5.41, 5.74) is -0.0697. The Morgan fingerprint density at radius 1 is 1.42 bits per heavy atom. The van der Waals surface area contributed by atoms with Crippen molar-refractivity contribution in [1.82, 2.24) is 4.90 Å². The Kier molecular flexibility index (Phi) is 3.64. The lowest BCUT2D eigenvalue weighted by molar-refractivity contribution is -0.159. The molecule has 1 aromatic rings. The quantitative estimate of drug-likeness (QED) is 0.769. The maximum absolute atomic E-state index is 12.2. The molecule has 0 aromatic carbocycles. The highest BCUT2D eigenvalue weighted by atomic mass is 16.6. The van der Waals surface area contributed by atoms with Crippen LogP contribution in [0.2, 0.25) is 0 Å². The minimum Gasteiger partial charge on any atom is -0.472 e. The molecular weight excluding hydrogens is 246 g/mol. The number of hydrogen-bond donors (Lipinski definition) is 0. The van der Waals surface area contributed by atoms with Crippen molar-refractivity contribution in [3.8, 4) is 0 Å². The molecule has 1 aromatic heterocycles. The number of hydrogen-bond acceptors (Lipinski definition) is 4. The molecule has 2 rings (SSSR count). The number of furan rings is 1. The second-order valence-electron chi connectivity index (χ2n) is 5.70. The lowest BCUT2D eigenvalue weighted by Crippen LogP contribution is -2.43. The first-order chi connectivity index (χ1) is 8.88. The first kappa shape index (κ1) is 13.6. The number of carbonyl (C=O) groups excluding carboxylic acids is 2. The molecule has 19 heavy (non-hydrogen) atoms. The van der Waals surface area contributed by atoms with Crippen LogP contribution in [0.5, 0.6) is 0 Å². The molecule has 0 spiro atoms. The third kappa shape index (κ3) is 3.16. The van der Waals surface area contributed by atoms with E-state index in [1.165, 1.54) is 12.5 Å². The van der Waals surface area contributed by atoms with Gasteiger partial charge in [-0.25, -0.2) is 4.79 Å². The fraction of sp³-hybridized carbons (Fsp3) is 0.571. The zero-order chi connectivity index (χ0) is 14.0. The van der Waals surface area contributed by atoms with Crippen LogP contribution in [0.4, 0.5) is 0 Å². The van der Waals surface area contributed by atoms with E-state index in [1.807, 2.05) is 20.8 Å². The van der Waals surface area contributed by atoms with Crippen LogP contribution in [0.3, 0.4) is 0 Å². The number of rotatable bonds is 2. The molecule has 1 atom stereocenters. The molecule has 1 aliphatic heterocycles. The van der Waals surface area contributed by atoms with Gasteiger partial charge in [-0.2, -0.15) is 0 Å². The summed E-state index contributed by atoms with van der Waals surface area (Å²) in [6, 6.07) is 1.12. The summed E-state index contributed by atoms with van der Waals surface area (Å²) in [5.74, 6) is -0.510. The van der Waals surface area contributed by atoms with Crippen molar-refractivity contribution in [3.63, 3.8) is 0 Å². The van der Waals surface area contributed by atoms with Crippen molar-refractivity contribution in [2.45, 2.75) is 45.3 Å². The van der Waals surface area contributed by atoms with Gasteiger partial charge in [-0.1, -0.05) is 0 Å². The van der Waals surface area contributed by atoms with Gasteiger partial charge in [-0.3, -0.25) is 4.79 Å². The molecule has 1 aliphatic rings. The summed E-state index contributed by atoms with van der Waals surface area (Å²) in [4.78, 5) is 25.9. The fourth-order valence-corrected chi connectivity index (χ4v) is 2.18. The van der Waals surface area contributed by atoms with Gasteiger partial charge in [-0.05, 0) is 39.7 Å². The maximum atomic E-state index is 12.2. The van der Waals surface area contributed by atoms with Crippen molar-refractivity contribution in [3.05, 3.63) is 24.2 Å². The Labute approximate surface area is 112 Å². The molecule has 0 unspecified atom stereocenters. The van der Waals surface area contributed by atoms with Crippen molar-refractivity contribution in [1.29, 1.82) is 0 Å². The Balaban J connectivity index is 2.09. The van der Waals surface area contributed by atoms with Gasteiger partial charge in [0.1, 0.15) is 17.9 Å². The lowest BCUT2D eigenvalue weighted by atomic mass is 10.1. The van der Waals surface area contributed by atoms with E-state index in [0.717, 1.165) is 6.42 Å². The molecule has 0 bridgehead atoms. The topological polar surface area (TPSA) is 59.8 Å². The van der Waals surface area contributed by atoms with Crippen LogP contribution < -0.4 is 0 Å². The third-order valence-corrected chi connectivity index (χ3v) is 2.96. The van der Waals surface area contributed by atoms with Crippen LogP contribution in [0.25, 0.3) is 0 Å². The SMILES string of the molecule is CC(C)(C)OC(=O)[C@H]1CCCN1C(=O)c1ccoc1. The molecule has 1 amide bonds. The van der Waals surface area contributed by atoms with E-state index < -0.39 is 11.6 Å². The first-order valence-corrected chi connectivity index (χ1v) is 6.44. The van der Waals surface area contributed by atoms with Crippen molar-refractivity contribution >= 4 is 11.9 Å². The van der Waals surface area contributed by atoms with Crippen molar-refractivity contribution < 1.29 is 18.7 Å². The second kappa shape index (κ2) is 5.07. The molecule has 0 saturated carbocycles. The van der Waals surface area contributed by atoms with Crippen LogP contribution in [0.1, 0.15) is 44.0 Å². The van der Waals surface area contributed by atoms with Crippen LogP contribution in [0.15, 0.2) is 23.0 Å². The van der Waals surface area contributed by atoms with Gasteiger partial charge in [0.15, 0.2) is 0 Å². The number of esters is 1. The zero-order valence-corrected chi connectivity index (χ0v) is 11.5. The number of carbonyl (C=O) groups is 2. The van der Waals surface area contributed by atoms with E-state index in [1.54, 1.807) is 11.0 Å². The van der Waals surface area contributed by atoms with Gasteiger partial charge < -0.3 is 14.1 Å².